The lowest BCUT2D eigenvalue weighted by Crippen LogP contribution is -2.50. The van der Waals surface area contributed by atoms with Crippen LogP contribution in [0.3, 0.4) is 0 Å². The maximum atomic E-state index is 12.4. The number of halogens is 3. The number of nitrogens with zero attached hydrogens (tertiary/aromatic N) is 1. The topological polar surface area (TPSA) is 23.5 Å². The van der Waals surface area contributed by atoms with E-state index in [4.69, 9.17) is 0 Å². The highest BCUT2D eigenvalue weighted by Crippen LogP contribution is 2.28. The first-order chi connectivity index (χ1) is 10.4. The zero-order valence-electron chi connectivity index (χ0n) is 11.8. The number of anilines is 1. The lowest BCUT2D eigenvalue weighted by Gasteiger charge is -2.38. The molecule has 1 N–H and O–H groups in total. The molecule has 0 aliphatic carbocycles. The predicted octanol–water partition coefficient (Wildman–Crippen LogP) is 3.64. The van der Waals surface area contributed by atoms with Crippen molar-refractivity contribution in [3.05, 3.63) is 54.1 Å². The predicted molar refractivity (Wildman–Crippen MR) is 79.9 cm³/mol. The van der Waals surface area contributed by atoms with E-state index in [1.807, 2.05) is 24.3 Å². The Balaban J connectivity index is 1.78. The van der Waals surface area contributed by atoms with Crippen molar-refractivity contribution < 1.29 is 18.3 Å². The summed E-state index contributed by atoms with van der Waals surface area (Å²) >= 11 is 0. The summed E-state index contributed by atoms with van der Waals surface area (Å²) < 4.78 is 37.1. The normalized spacial score (nSPS) is 15.7. The Labute approximate surface area is 126 Å². The fourth-order valence-electron chi connectivity index (χ4n) is 2.59. The number of aliphatic hydroxyl groups is 1. The molecule has 3 rings (SSSR count). The van der Waals surface area contributed by atoms with E-state index in [0.717, 1.165) is 16.8 Å². The van der Waals surface area contributed by atoms with Gasteiger partial charge < -0.3 is 10.0 Å². The van der Waals surface area contributed by atoms with Crippen LogP contribution in [-0.2, 0) is 6.42 Å². The molecule has 0 saturated carbocycles. The molecule has 0 amide bonds. The lowest BCUT2D eigenvalue weighted by atomic mass is 10.0. The van der Waals surface area contributed by atoms with Gasteiger partial charge in [-0.15, -0.1) is 0 Å². The molecule has 0 radical (unpaired) electrons. The Morgan fingerprint density at radius 2 is 1.68 bits per heavy atom. The molecule has 0 bridgehead atoms. The summed E-state index contributed by atoms with van der Waals surface area (Å²) in [6.07, 6.45) is -5.36. The number of benzene rings is 2. The smallest absolute Gasteiger partial charge is 0.389 e. The third kappa shape index (κ3) is 3.42. The maximum absolute atomic E-state index is 12.4. The third-order valence-corrected chi connectivity index (χ3v) is 3.77. The van der Waals surface area contributed by atoms with Crippen LogP contribution in [0.15, 0.2) is 48.5 Å². The van der Waals surface area contributed by atoms with Crippen LogP contribution < -0.4 is 4.90 Å². The van der Waals surface area contributed by atoms with Gasteiger partial charge in [-0.25, -0.2) is 0 Å². The van der Waals surface area contributed by atoms with E-state index in [1.165, 1.54) is 12.1 Å². The number of hydrogen-bond donors (Lipinski definition) is 1. The molecule has 2 nitrogen and oxygen atoms in total. The average molecular weight is 307 g/mol. The van der Waals surface area contributed by atoms with Crippen LogP contribution in [0.1, 0.15) is 5.56 Å². The number of hydrogen-bond acceptors (Lipinski definition) is 2. The molecule has 1 saturated heterocycles. The zero-order valence-corrected chi connectivity index (χ0v) is 11.8. The van der Waals surface area contributed by atoms with E-state index in [-0.39, 0.29) is 11.7 Å². The van der Waals surface area contributed by atoms with Crippen LogP contribution in [0.4, 0.5) is 18.9 Å². The SMILES string of the molecule is OC1CN(c2cccc(-c3ccc(CC(F)(F)F)cc3)c2)C1. The van der Waals surface area contributed by atoms with Crippen LogP contribution in [-0.4, -0.2) is 30.5 Å². The summed E-state index contributed by atoms with van der Waals surface area (Å²) in [5.41, 5.74) is 3.12. The van der Waals surface area contributed by atoms with E-state index in [2.05, 4.69) is 4.90 Å². The van der Waals surface area contributed by atoms with Crippen LogP contribution in [0.2, 0.25) is 0 Å². The number of β-amino-alcohol motifs (C(OH)–C–C–N with tert-alkyl or cyclic N) is 1. The summed E-state index contributed by atoms with van der Waals surface area (Å²) in [7, 11) is 0. The van der Waals surface area contributed by atoms with Gasteiger partial charge in [0.1, 0.15) is 0 Å². The average Bonchev–Trinajstić information content (AvgIpc) is 2.43. The van der Waals surface area contributed by atoms with Crippen molar-refractivity contribution in [3.63, 3.8) is 0 Å². The molecule has 5 heteroatoms. The van der Waals surface area contributed by atoms with E-state index >= 15 is 0 Å². The summed E-state index contributed by atoms with van der Waals surface area (Å²) in [4.78, 5) is 2.06. The van der Waals surface area contributed by atoms with Gasteiger partial charge in [0.05, 0.1) is 12.5 Å². The lowest BCUT2D eigenvalue weighted by molar-refractivity contribution is -0.127. The van der Waals surface area contributed by atoms with Crippen molar-refractivity contribution in [1.29, 1.82) is 0 Å². The van der Waals surface area contributed by atoms with Gasteiger partial charge in [-0.1, -0.05) is 36.4 Å². The molecule has 0 atom stereocenters. The molecule has 116 valence electrons. The molecule has 22 heavy (non-hydrogen) atoms. The molecule has 1 heterocycles. The molecule has 2 aromatic rings. The summed E-state index contributed by atoms with van der Waals surface area (Å²) in [5.74, 6) is 0. The second kappa shape index (κ2) is 5.65. The van der Waals surface area contributed by atoms with Gasteiger partial charge in [0.2, 0.25) is 0 Å². The Hall–Kier alpha value is -2.01. The van der Waals surface area contributed by atoms with Crippen molar-refractivity contribution >= 4 is 5.69 Å². The Kier molecular flexibility index (Phi) is 3.83. The molecule has 1 aliphatic rings. The molecule has 0 unspecified atom stereocenters. The fourth-order valence-corrected chi connectivity index (χ4v) is 2.59. The van der Waals surface area contributed by atoms with Crippen molar-refractivity contribution in [2.45, 2.75) is 18.7 Å². The van der Waals surface area contributed by atoms with Crippen LogP contribution in [0, 0.1) is 0 Å². The first-order valence-corrected chi connectivity index (χ1v) is 7.10. The third-order valence-electron chi connectivity index (χ3n) is 3.77. The van der Waals surface area contributed by atoms with Crippen molar-refractivity contribution in [3.8, 4) is 11.1 Å². The van der Waals surface area contributed by atoms with Crippen molar-refractivity contribution in [2.75, 3.05) is 18.0 Å². The molecular formula is C17H16F3NO. The maximum Gasteiger partial charge on any atom is 0.393 e. The zero-order chi connectivity index (χ0) is 15.7. The van der Waals surface area contributed by atoms with E-state index in [1.54, 1.807) is 12.1 Å². The van der Waals surface area contributed by atoms with Crippen molar-refractivity contribution in [2.24, 2.45) is 0 Å². The fraction of sp³-hybridized carbons (Fsp3) is 0.294. The van der Waals surface area contributed by atoms with E-state index in [9.17, 15) is 18.3 Å². The van der Waals surface area contributed by atoms with E-state index in [0.29, 0.717) is 13.1 Å². The number of aliphatic hydroxyl groups excluding tert-OH is 1. The van der Waals surface area contributed by atoms with Gasteiger partial charge in [-0.2, -0.15) is 13.2 Å². The summed E-state index contributed by atoms with van der Waals surface area (Å²) in [6, 6.07) is 14.3. The molecule has 0 spiro atoms. The Morgan fingerprint density at radius 3 is 2.27 bits per heavy atom. The molecule has 1 fully saturated rings. The highest BCUT2D eigenvalue weighted by atomic mass is 19.4. The van der Waals surface area contributed by atoms with Crippen molar-refractivity contribution in [1.82, 2.24) is 0 Å². The van der Waals surface area contributed by atoms with Gasteiger partial charge in [0.25, 0.3) is 0 Å². The minimum Gasteiger partial charge on any atom is -0.389 e. The molecule has 0 aromatic heterocycles. The minimum atomic E-state index is -4.18. The highest BCUT2D eigenvalue weighted by molar-refractivity contribution is 5.69. The van der Waals surface area contributed by atoms with Gasteiger partial charge >= 0.3 is 6.18 Å². The second-order valence-corrected chi connectivity index (χ2v) is 5.60. The summed E-state index contributed by atoms with van der Waals surface area (Å²) in [6.45, 7) is 1.24. The van der Waals surface area contributed by atoms with Gasteiger partial charge in [0, 0.05) is 18.8 Å². The molecular weight excluding hydrogens is 291 g/mol. The quantitative estimate of drug-likeness (QED) is 0.936. The van der Waals surface area contributed by atoms with Crippen LogP contribution >= 0.6 is 0 Å². The van der Waals surface area contributed by atoms with Gasteiger partial charge in [-0.3, -0.25) is 0 Å². The first kappa shape index (κ1) is 14.9. The second-order valence-electron chi connectivity index (χ2n) is 5.60. The highest BCUT2D eigenvalue weighted by Gasteiger charge is 2.27. The standard InChI is InChI=1S/C17H16F3NO/c18-17(19,20)9-12-4-6-13(7-5-12)14-2-1-3-15(8-14)21-10-16(22)11-21/h1-8,16,22H,9-11H2. The number of alkyl halides is 3. The van der Waals surface area contributed by atoms with E-state index < -0.39 is 12.6 Å². The number of rotatable bonds is 3. The van der Waals surface area contributed by atoms with Crippen LogP contribution in [0.5, 0.6) is 0 Å². The molecule has 1 aliphatic heterocycles. The van der Waals surface area contributed by atoms with Crippen LogP contribution in [0.25, 0.3) is 11.1 Å². The molecule has 2 aromatic carbocycles. The Bertz CT molecular complexity index is 646. The first-order valence-electron chi connectivity index (χ1n) is 7.10. The van der Waals surface area contributed by atoms with Gasteiger partial charge in [-0.05, 0) is 28.8 Å². The monoisotopic (exact) mass is 307 g/mol. The van der Waals surface area contributed by atoms with Gasteiger partial charge in [0.15, 0.2) is 0 Å². The summed E-state index contributed by atoms with van der Waals surface area (Å²) in [5, 5.41) is 9.36. The minimum absolute atomic E-state index is 0.262. The Morgan fingerprint density at radius 1 is 1.00 bits per heavy atom. The largest absolute Gasteiger partial charge is 0.393 e.